The molecule has 0 radical (unpaired) electrons. The summed E-state index contributed by atoms with van der Waals surface area (Å²) >= 11 is 0. The Morgan fingerprint density at radius 1 is 1.07 bits per heavy atom. The summed E-state index contributed by atoms with van der Waals surface area (Å²) in [4.78, 5) is 12.3. The molecule has 0 fully saturated rings. The maximum atomic E-state index is 13.6. The van der Waals surface area contributed by atoms with Crippen LogP contribution in [-0.4, -0.2) is 25.2 Å². The number of hydrogen-bond donors (Lipinski definition) is 1. The summed E-state index contributed by atoms with van der Waals surface area (Å²) < 4.78 is 44.7. The van der Waals surface area contributed by atoms with Crippen LogP contribution in [0.1, 0.15) is 28.8 Å². The standard InChI is InChI=1S/C22H23FN2O4S/c1-13-6-8-18(12-19(13)23)24-21(26)9-10-30(27,28)20-11-17(7-5-14(20)2)22-15(3)16(4)25-29-22/h5-8,11-12H,9-10H2,1-4H3,(H,24,26). The first-order valence-corrected chi connectivity index (χ1v) is 11.1. The van der Waals surface area contributed by atoms with Crippen LogP contribution in [0.4, 0.5) is 10.1 Å². The van der Waals surface area contributed by atoms with Gasteiger partial charge in [0.15, 0.2) is 15.6 Å². The minimum Gasteiger partial charge on any atom is -0.356 e. The van der Waals surface area contributed by atoms with Gasteiger partial charge < -0.3 is 9.84 Å². The summed E-state index contributed by atoms with van der Waals surface area (Å²) in [6.07, 6.45) is -0.248. The van der Waals surface area contributed by atoms with Crippen LogP contribution < -0.4 is 5.32 Å². The summed E-state index contributed by atoms with van der Waals surface area (Å²) in [7, 11) is -3.73. The van der Waals surface area contributed by atoms with E-state index >= 15 is 0 Å². The van der Waals surface area contributed by atoms with E-state index in [1.54, 1.807) is 44.2 Å². The molecule has 30 heavy (non-hydrogen) atoms. The van der Waals surface area contributed by atoms with E-state index in [1.807, 2.05) is 13.8 Å². The molecule has 0 saturated heterocycles. The molecule has 8 heteroatoms. The van der Waals surface area contributed by atoms with Gasteiger partial charge in [0.05, 0.1) is 16.3 Å². The van der Waals surface area contributed by atoms with Crippen LogP contribution in [0.15, 0.2) is 45.8 Å². The molecule has 3 rings (SSSR count). The van der Waals surface area contributed by atoms with Crippen molar-refractivity contribution in [3.63, 3.8) is 0 Å². The van der Waals surface area contributed by atoms with Gasteiger partial charge in [0.25, 0.3) is 0 Å². The molecule has 0 aliphatic carbocycles. The van der Waals surface area contributed by atoms with Crippen LogP contribution in [0, 0.1) is 33.5 Å². The lowest BCUT2D eigenvalue weighted by Gasteiger charge is -2.10. The van der Waals surface area contributed by atoms with Crippen LogP contribution >= 0.6 is 0 Å². The lowest BCUT2D eigenvalue weighted by molar-refractivity contribution is -0.115. The highest BCUT2D eigenvalue weighted by molar-refractivity contribution is 7.91. The molecule has 0 aliphatic heterocycles. The number of halogens is 1. The fourth-order valence-corrected chi connectivity index (χ4v) is 4.53. The van der Waals surface area contributed by atoms with Gasteiger partial charge in [0.2, 0.25) is 5.91 Å². The average Bonchev–Trinajstić information content (AvgIpc) is 3.02. The molecule has 1 amide bonds. The van der Waals surface area contributed by atoms with Gasteiger partial charge in [-0.15, -0.1) is 0 Å². The number of nitrogens with zero attached hydrogens (tertiary/aromatic N) is 1. The number of carbonyl (C=O) groups is 1. The largest absolute Gasteiger partial charge is 0.356 e. The third-order valence-corrected chi connectivity index (χ3v) is 6.85. The summed E-state index contributed by atoms with van der Waals surface area (Å²) in [5.41, 5.74) is 3.51. The maximum absolute atomic E-state index is 13.6. The fourth-order valence-electron chi connectivity index (χ4n) is 2.99. The average molecular weight is 431 g/mol. The lowest BCUT2D eigenvalue weighted by Crippen LogP contribution is -2.18. The van der Waals surface area contributed by atoms with Crippen LogP contribution in [0.25, 0.3) is 11.3 Å². The van der Waals surface area contributed by atoms with E-state index in [2.05, 4.69) is 10.5 Å². The van der Waals surface area contributed by atoms with E-state index in [9.17, 15) is 17.6 Å². The van der Waals surface area contributed by atoms with Crippen molar-refractivity contribution in [3.8, 4) is 11.3 Å². The van der Waals surface area contributed by atoms with Crippen molar-refractivity contribution in [3.05, 3.63) is 64.6 Å². The number of carbonyl (C=O) groups excluding carboxylic acids is 1. The van der Waals surface area contributed by atoms with Crippen molar-refractivity contribution in [1.29, 1.82) is 0 Å². The molecular weight excluding hydrogens is 407 g/mol. The molecule has 2 aromatic carbocycles. The number of aryl methyl sites for hydroxylation is 3. The van der Waals surface area contributed by atoms with E-state index in [-0.39, 0.29) is 22.8 Å². The van der Waals surface area contributed by atoms with Crippen molar-refractivity contribution in [1.82, 2.24) is 5.16 Å². The van der Waals surface area contributed by atoms with E-state index in [0.29, 0.717) is 22.5 Å². The first kappa shape index (κ1) is 21.7. The van der Waals surface area contributed by atoms with Crippen molar-refractivity contribution in [2.45, 2.75) is 39.0 Å². The third kappa shape index (κ3) is 4.59. The molecule has 0 atom stereocenters. The molecule has 1 heterocycles. The monoisotopic (exact) mass is 430 g/mol. The second kappa shape index (κ2) is 8.39. The molecule has 0 unspecified atom stereocenters. The quantitative estimate of drug-likeness (QED) is 0.621. The molecule has 0 spiro atoms. The van der Waals surface area contributed by atoms with Gasteiger partial charge in [0.1, 0.15) is 5.82 Å². The Morgan fingerprint density at radius 2 is 1.77 bits per heavy atom. The van der Waals surface area contributed by atoms with E-state index in [0.717, 1.165) is 11.3 Å². The molecule has 1 N–H and O–H groups in total. The van der Waals surface area contributed by atoms with Crippen LogP contribution in [0.3, 0.4) is 0 Å². The van der Waals surface area contributed by atoms with Crippen molar-refractivity contribution in [2.24, 2.45) is 0 Å². The number of benzene rings is 2. The van der Waals surface area contributed by atoms with Crippen LogP contribution in [0.5, 0.6) is 0 Å². The summed E-state index contributed by atoms with van der Waals surface area (Å²) in [5.74, 6) is -0.794. The zero-order valence-electron chi connectivity index (χ0n) is 17.2. The van der Waals surface area contributed by atoms with Crippen LogP contribution in [-0.2, 0) is 14.6 Å². The summed E-state index contributed by atoms with van der Waals surface area (Å²) in [6.45, 7) is 6.98. The number of sulfone groups is 1. The minimum absolute atomic E-state index is 0.141. The molecule has 158 valence electrons. The van der Waals surface area contributed by atoms with E-state index in [4.69, 9.17) is 4.52 Å². The smallest absolute Gasteiger partial charge is 0.225 e. The number of amides is 1. The van der Waals surface area contributed by atoms with Gasteiger partial charge in [-0.1, -0.05) is 23.4 Å². The molecule has 6 nitrogen and oxygen atoms in total. The lowest BCUT2D eigenvalue weighted by atomic mass is 10.1. The normalized spacial score (nSPS) is 11.5. The Kier molecular flexibility index (Phi) is 6.07. The van der Waals surface area contributed by atoms with Crippen molar-refractivity contribution >= 4 is 21.4 Å². The van der Waals surface area contributed by atoms with Crippen molar-refractivity contribution < 1.29 is 22.1 Å². The van der Waals surface area contributed by atoms with Crippen molar-refractivity contribution in [2.75, 3.05) is 11.1 Å². The topological polar surface area (TPSA) is 89.3 Å². The Bertz CT molecular complexity index is 1220. The Labute approximate surface area is 175 Å². The van der Waals surface area contributed by atoms with Gasteiger partial charge in [-0.05, 0) is 57.0 Å². The summed E-state index contributed by atoms with van der Waals surface area (Å²) in [5, 5.41) is 6.44. The summed E-state index contributed by atoms with van der Waals surface area (Å²) in [6, 6.07) is 9.35. The predicted octanol–water partition coefficient (Wildman–Crippen LogP) is 4.52. The number of hydrogen-bond acceptors (Lipinski definition) is 5. The highest BCUT2D eigenvalue weighted by atomic mass is 32.2. The van der Waals surface area contributed by atoms with Gasteiger partial charge >= 0.3 is 0 Å². The Balaban J connectivity index is 1.76. The molecule has 0 saturated carbocycles. The molecule has 3 aromatic rings. The van der Waals surface area contributed by atoms with E-state index in [1.165, 1.54) is 6.07 Å². The van der Waals surface area contributed by atoms with Gasteiger partial charge in [-0.2, -0.15) is 0 Å². The number of rotatable bonds is 6. The second-order valence-corrected chi connectivity index (χ2v) is 9.36. The number of anilines is 1. The first-order valence-electron chi connectivity index (χ1n) is 9.41. The molecule has 0 bridgehead atoms. The van der Waals surface area contributed by atoms with Gasteiger partial charge in [-0.25, -0.2) is 12.8 Å². The minimum atomic E-state index is -3.73. The van der Waals surface area contributed by atoms with Gasteiger partial charge in [0, 0.05) is 23.2 Å². The second-order valence-electron chi connectivity index (χ2n) is 7.28. The first-order chi connectivity index (χ1) is 14.1. The Morgan fingerprint density at radius 3 is 2.40 bits per heavy atom. The predicted molar refractivity (Wildman–Crippen MR) is 113 cm³/mol. The maximum Gasteiger partial charge on any atom is 0.225 e. The Hall–Kier alpha value is -3.00. The van der Waals surface area contributed by atoms with Gasteiger partial charge in [-0.3, -0.25) is 4.79 Å². The van der Waals surface area contributed by atoms with E-state index < -0.39 is 21.6 Å². The molecule has 1 aromatic heterocycles. The highest BCUT2D eigenvalue weighted by Crippen LogP contribution is 2.29. The SMILES string of the molecule is Cc1ccc(NC(=O)CCS(=O)(=O)c2cc(-c3onc(C)c3C)ccc2C)cc1F. The van der Waals surface area contributed by atoms with Crippen LogP contribution in [0.2, 0.25) is 0 Å². The molecule has 0 aliphatic rings. The highest BCUT2D eigenvalue weighted by Gasteiger charge is 2.21. The third-order valence-electron chi connectivity index (χ3n) is 5.00. The zero-order valence-corrected chi connectivity index (χ0v) is 18.1. The number of nitrogens with one attached hydrogen (secondary N) is 1. The number of aromatic nitrogens is 1. The fraction of sp³-hybridized carbons (Fsp3) is 0.273. The zero-order chi connectivity index (χ0) is 22.1. The molecular formula is C22H23FN2O4S.